The maximum Gasteiger partial charge on any atom is 0.254 e. The maximum atomic E-state index is 13.5. The van der Waals surface area contributed by atoms with Crippen LogP contribution in [0.2, 0.25) is 0 Å². The number of rotatable bonds is 8. The molecule has 2 atom stereocenters. The molecule has 2 N–H and O–H groups in total. The highest BCUT2D eigenvalue weighted by atomic mass is 32.2. The van der Waals surface area contributed by atoms with Crippen molar-refractivity contribution in [3.63, 3.8) is 0 Å². The Labute approximate surface area is 218 Å². The Bertz CT molecular complexity index is 1370. The molecule has 1 saturated heterocycles. The Hall–Kier alpha value is -3.45. The number of hydrogen-bond acceptors (Lipinski definition) is 4. The molecule has 2 aliphatic rings. The van der Waals surface area contributed by atoms with Crippen molar-refractivity contribution >= 4 is 21.7 Å². The fourth-order valence-corrected chi connectivity index (χ4v) is 6.96. The number of piperidine rings is 1. The fraction of sp³-hybridized carbons (Fsp3) is 0.333. The molecule has 2 fully saturated rings. The topological polar surface area (TPSA) is 97.5 Å². The number of amides is 2. The number of carbonyl (C=O) groups excluding carboxylic acids is 2. The van der Waals surface area contributed by atoms with Gasteiger partial charge < -0.3 is 10.6 Å². The van der Waals surface area contributed by atoms with Gasteiger partial charge in [-0.1, -0.05) is 54.6 Å². The van der Waals surface area contributed by atoms with Gasteiger partial charge in [0.15, 0.2) is 9.84 Å². The van der Waals surface area contributed by atoms with Crippen LogP contribution < -0.4 is 5.73 Å². The first-order valence-electron chi connectivity index (χ1n) is 12.9. The summed E-state index contributed by atoms with van der Waals surface area (Å²) < 4.78 is 25.2. The van der Waals surface area contributed by atoms with Gasteiger partial charge in [0.25, 0.3) is 5.91 Å². The SMILES string of the molecule is NC(=O)C(c1ccc(C(=O)N2CCCCC2c2ccccc2)cc1)c1ccc(S(=O)(=O)CC2CC2)cc1. The first-order valence-corrected chi connectivity index (χ1v) is 14.6. The molecule has 6 nitrogen and oxygen atoms in total. The van der Waals surface area contributed by atoms with Crippen LogP contribution in [0.5, 0.6) is 0 Å². The smallest absolute Gasteiger partial charge is 0.254 e. The number of benzene rings is 3. The minimum absolute atomic E-state index is 0.0269. The van der Waals surface area contributed by atoms with E-state index in [0.29, 0.717) is 23.2 Å². The summed E-state index contributed by atoms with van der Waals surface area (Å²) in [6.07, 6.45) is 4.92. The number of sulfone groups is 1. The van der Waals surface area contributed by atoms with Crippen molar-refractivity contribution in [1.82, 2.24) is 4.90 Å². The van der Waals surface area contributed by atoms with E-state index in [-0.39, 0.29) is 28.5 Å². The summed E-state index contributed by atoms with van der Waals surface area (Å²) in [5, 5.41) is 0. The third-order valence-electron chi connectivity index (χ3n) is 7.45. The van der Waals surface area contributed by atoms with Crippen LogP contribution in [0.25, 0.3) is 0 Å². The molecule has 0 radical (unpaired) electrons. The molecular weight excluding hydrogens is 484 g/mol. The van der Waals surface area contributed by atoms with Crippen LogP contribution in [0.4, 0.5) is 0 Å². The second kappa shape index (κ2) is 10.5. The van der Waals surface area contributed by atoms with Crippen molar-refractivity contribution in [3.8, 4) is 0 Å². The molecule has 0 aromatic heterocycles. The Morgan fingerprint density at radius 3 is 2.05 bits per heavy atom. The van der Waals surface area contributed by atoms with E-state index in [4.69, 9.17) is 5.73 Å². The van der Waals surface area contributed by atoms with Gasteiger partial charge in [0.1, 0.15) is 0 Å². The van der Waals surface area contributed by atoms with E-state index in [2.05, 4.69) is 12.1 Å². The van der Waals surface area contributed by atoms with E-state index < -0.39 is 21.7 Å². The zero-order valence-electron chi connectivity index (χ0n) is 20.8. The number of primary amides is 1. The number of nitrogens with two attached hydrogens (primary N) is 1. The monoisotopic (exact) mass is 516 g/mol. The lowest BCUT2D eigenvalue weighted by molar-refractivity contribution is -0.118. The number of likely N-dealkylation sites (tertiary alicyclic amines) is 1. The third kappa shape index (κ3) is 5.62. The Kier molecular flexibility index (Phi) is 7.15. The van der Waals surface area contributed by atoms with Crippen LogP contribution in [0, 0.1) is 5.92 Å². The minimum Gasteiger partial charge on any atom is -0.369 e. The normalized spacial score (nSPS) is 18.8. The van der Waals surface area contributed by atoms with Crippen LogP contribution in [0.15, 0.2) is 83.8 Å². The van der Waals surface area contributed by atoms with Gasteiger partial charge in [-0.15, -0.1) is 0 Å². The lowest BCUT2D eigenvalue weighted by atomic mass is 9.90. The fourth-order valence-electron chi connectivity index (χ4n) is 5.26. The molecule has 1 saturated carbocycles. The first kappa shape index (κ1) is 25.2. The van der Waals surface area contributed by atoms with Crippen molar-refractivity contribution in [3.05, 3.63) is 101 Å². The zero-order chi connectivity index (χ0) is 26.0. The summed E-state index contributed by atoms with van der Waals surface area (Å²) in [5.74, 6) is -0.870. The molecule has 2 unspecified atom stereocenters. The largest absolute Gasteiger partial charge is 0.369 e. The van der Waals surface area contributed by atoms with Crippen molar-refractivity contribution in [1.29, 1.82) is 0 Å². The number of carbonyl (C=O) groups is 2. The molecule has 0 bridgehead atoms. The standard InChI is InChI=1S/C30H32N2O4S/c31-29(33)28(24-15-17-26(18-16-24)37(35,36)20-21-9-10-21)23-11-13-25(14-12-23)30(34)32-19-5-4-8-27(32)22-6-2-1-3-7-22/h1-3,6-7,11-18,21,27-28H,4-5,8-10,19-20H2,(H2,31,33). The predicted molar refractivity (Wildman–Crippen MR) is 143 cm³/mol. The third-order valence-corrected chi connectivity index (χ3v) is 9.35. The minimum atomic E-state index is -3.33. The van der Waals surface area contributed by atoms with Gasteiger partial charge in [-0.2, -0.15) is 0 Å². The van der Waals surface area contributed by atoms with E-state index in [9.17, 15) is 18.0 Å². The van der Waals surface area contributed by atoms with Crippen molar-refractivity contribution in [2.45, 2.75) is 49.0 Å². The highest BCUT2D eigenvalue weighted by molar-refractivity contribution is 7.91. The van der Waals surface area contributed by atoms with E-state index in [1.807, 2.05) is 23.1 Å². The Morgan fingerprint density at radius 1 is 0.838 bits per heavy atom. The molecule has 2 amide bonds. The van der Waals surface area contributed by atoms with Crippen molar-refractivity contribution in [2.75, 3.05) is 12.3 Å². The highest BCUT2D eigenvalue weighted by Crippen LogP contribution is 2.34. The maximum absolute atomic E-state index is 13.5. The summed E-state index contributed by atoms with van der Waals surface area (Å²) in [4.78, 5) is 28.1. The lowest BCUT2D eigenvalue weighted by Gasteiger charge is -2.36. The van der Waals surface area contributed by atoms with Crippen LogP contribution in [0.1, 0.15) is 71.1 Å². The van der Waals surface area contributed by atoms with Gasteiger partial charge in [-0.25, -0.2) is 8.42 Å². The summed E-state index contributed by atoms with van der Waals surface area (Å²) >= 11 is 0. The highest BCUT2D eigenvalue weighted by Gasteiger charge is 2.30. The molecule has 1 heterocycles. The van der Waals surface area contributed by atoms with Crippen LogP contribution in [-0.2, 0) is 14.6 Å². The first-order chi connectivity index (χ1) is 17.8. The van der Waals surface area contributed by atoms with Crippen LogP contribution in [-0.4, -0.2) is 37.4 Å². The molecule has 192 valence electrons. The molecule has 37 heavy (non-hydrogen) atoms. The average Bonchev–Trinajstić information content (AvgIpc) is 3.73. The molecule has 5 rings (SSSR count). The zero-order valence-corrected chi connectivity index (χ0v) is 21.6. The molecule has 1 aliphatic heterocycles. The lowest BCUT2D eigenvalue weighted by Crippen LogP contribution is -2.38. The molecule has 0 spiro atoms. The molecule has 1 aliphatic carbocycles. The van der Waals surface area contributed by atoms with Crippen molar-refractivity contribution < 1.29 is 18.0 Å². The van der Waals surface area contributed by atoms with Gasteiger partial charge in [0.05, 0.1) is 22.6 Å². The van der Waals surface area contributed by atoms with Crippen LogP contribution in [0.3, 0.4) is 0 Å². The number of hydrogen-bond donors (Lipinski definition) is 1. The second-order valence-corrected chi connectivity index (χ2v) is 12.2. The van der Waals surface area contributed by atoms with Crippen LogP contribution >= 0.6 is 0 Å². The van der Waals surface area contributed by atoms with Gasteiger partial charge in [-0.05, 0) is 79.0 Å². The van der Waals surface area contributed by atoms with Gasteiger partial charge in [0, 0.05) is 12.1 Å². The van der Waals surface area contributed by atoms with E-state index >= 15 is 0 Å². The Morgan fingerprint density at radius 2 is 1.46 bits per heavy atom. The van der Waals surface area contributed by atoms with Gasteiger partial charge in [0.2, 0.25) is 5.91 Å². The van der Waals surface area contributed by atoms with Gasteiger partial charge >= 0.3 is 0 Å². The molecule has 7 heteroatoms. The summed E-state index contributed by atoms with van der Waals surface area (Å²) in [6, 6.07) is 23.6. The number of nitrogens with zero attached hydrogens (tertiary/aromatic N) is 1. The van der Waals surface area contributed by atoms with E-state index in [1.165, 1.54) is 0 Å². The van der Waals surface area contributed by atoms with E-state index in [1.54, 1.807) is 48.5 Å². The van der Waals surface area contributed by atoms with E-state index in [0.717, 1.165) is 37.7 Å². The van der Waals surface area contributed by atoms with Crippen molar-refractivity contribution in [2.24, 2.45) is 11.7 Å². The predicted octanol–water partition coefficient (Wildman–Crippen LogP) is 4.85. The van der Waals surface area contributed by atoms with Gasteiger partial charge in [-0.3, -0.25) is 9.59 Å². The Balaban J connectivity index is 1.35. The quantitative estimate of drug-likeness (QED) is 0.463. The summed E-state index contributed by atoms with van der Waals surface area (Å²) in [7, 11) is -3.33. The second-order valence-electron chi connectivity index (χ2n) is 10.2. The summed E-state index contributed by atoms with van der Waals surface area (Å²) in [6.45, 7) is 0.708. The molecular formula is C30H32N2O4S. The average molecular weight is 517 g/mol. The molecule has 3 aromatic carbocycles. The summed E-state index contributed by atoms with van der Waals surface area (Å²) in [5.41, 5.74) is 8.76. The molecule has 3 aromatic rings.